The van der Waals surface area contributed by atoms with Gasteiger partial charge in [-0.1, -0.05) is 18.2 Å². The van der Waals surface area contributed by atoms with Crippen LogP contribution in [0.15, 0.2) is 58.5 Å². The van der Waals surface area contributed by atoms with Gasteiger partial charge < -0.3 is 9.73 Å². The van der Waals surface area contributed by atoms with Crippen LogP contribution in [-0.2, 0) is 6.42 Å². The molecular weight excluding hydrogens is 284 g/mol. The Morgan fingerprint density at radius 2 is 2.05 bits per heavy atom. The summed E-state index contributed by atoms with van der Waals surface area (Å²) in [4.78, 5) is 16.4. The highest BCUT2D eigenvalue weighted by Gasteiger charge is 2.08. The number of carbonyl (C=O) groups is 1. The minimum atomic E-state index is -0.0570. The van der Waals surface area contributed by atoms with Crippen molar-refractivity contribution in [2.75, 3.05) is 6.54 Å². The summed E-state index contributed by atoms with van der Waals surface area (Å²) in [7, 11) is 0. The van der Waals surface area contributed by atoms with E-state index < -0.39 is 0 Å². The summed E-state index contributed by atoms with van der Waals surface area (Å²) in [5.41, 5.74) is 1.52. The molecule has 0 aliphatic rings. The molecule has 0 unspecified atom stereocenters. The van der Waals surface area contributed by atoms with Crippen LogP contribution in [-0.4, -0.2) is 17.4 Å². The van der Waals surface area contributed by atoms with Crippen LogP contribution in [0, 0.1) is 0 Å². The Morgan fingerprint density at radius 1 is 1.19 bits per heavy atom. The van der Waals surface area contributed by atoms with Crippen molar-refractivity contribution in [1.29, 1.82) is 0 Å². The summed E-state index contributed by atoms with van der Waals surface area (Å²) < 4.78 is 5.31. The maximum atomic E-state index is 11.9. The predicted octanol–water partition coefficient (Wildman–Crippen LogP) is 3.38. The molecule has 0 spiro atoms. The van der Waals surface area contributed by atoms with Crippen LogP contribution >= 0.6 is 11.3 Å². The highest BCUT2D eigenvalue weighted by Crippen LogP contribution is 2.22. The number of thiazole rings is 1. The number of amides is 1. The van der Waals surface area contributed by atoms with E-state index in [9.17, 15) is 4.79 Å². The van der Waals surface area contributed by atoms with Crippen molar-refractivity contribution in [3.05, 3.63) is 64.7 Å². The van der Waals surface area contributed by atoms with Gasteiger partial charge in [0, 0.05) is 23.9 Å². The number of rotatable bonds is 5. The molecule has 3 rings (SSSR count). The van der Waals surface area contributed by atoms with Gasteiger partial charge in [-0.05, 0) is 24.3 Å². The monoisotopic (exact) mass is 298 g/mol. The molecule has 1 N–H and O–H groups in total. The topological polar surface area (TPSA) is 55.1 Å². The number of hydrogen-bond acceptors (Lipinski definition) is 4. The number of carbonyl (C=O) groups excluding carboxylic acids is 1. The lowest BCUT2D eigenvalue weighted by molar-refractivity contribution is 0.0954. The van der Waals surface area contributed by atoms with Gasteiger partial charge in [0.2, 0.25) is 0 Å². The molecule has 106 valence electrons. The zero-order valence-corrected chi connectivity index (χ0v) is 12.1. The standard InChI is InChI=1S/C16H14N2O2S/c19-16(12-5-2-1-3-6-12)17-9-8-15-18-13(11-21-15)14-7-4-10-20-14/h1-7,10-11H,8-9H2,(H,17,19). The van der Waals surface area contributed by atoms with Gasteiger partial charge >= 0.3 is 0 Å². The second kappa shape index (κ2) is 6.37. The van der Waals surface area contributed by atoms with E-state index in [0.717, 1.165) is 16.5 Å². The molecule has 1 aromatic carbocycles. The van der Waals surface area contributed by atoms with Crippen molar-refractivity contribution in [2.24, 2.45) is 0 Å². The molecule has 3 aromatic rings. The fourth-order valence-electron chi connectivity index (χ4n) is 1.94. The van der Waals surface area contributed by atoms with Gasteiger partial charge in [0.25, 0.3) is 5.91 Å². The van der Waals surface area contributed by atoms with Gasteiger partial charge in [-0.25, -0.2) is 4.98 Å². The van der Waals surface area contributed by atoms with Crippen molar-refractivity contribution >= 4 is 17.2 Å². The fourth-order valence-corrected chi connectivity index (χ4v) is 2.73. The van der Waals surface area contributed by atoms with E-state index in [2.05, 4.69) is 10.3 Å². The van der Waals surface area contributed by atoms with Crippen LogP contribution in [0.25, 0.3) is 11.5 Å². The van der Waals surface area contributed by atoms with Crippen LogP contribution in [0.4, 0.5) is 0 Å². The quantitative estimate of drug-likeness (QED) is 0.785. The second-order valence-electron chi connectivity index (χ2n) is 4.48. The Bertz CT molecular complexity index is 705. The van der Waals surface area contributed by atoms with Gasteiger partial charge in [0.15, 0.2) is 5.76 Å². The van der Waals surface area contributed by atoms with Crippen molar-refractivity contribution in [2.45, 2.75) is 6.42 Å². The number of furan rings is 1. The molecule has 1 amide bonds. The van der Waals surface area contributed by atoms with Crippen LogP contribution in [0.2, 0.25) is 0 Å². The molecule has 0 radical (unpaired) electrons. The van der Waals surface area contributed by atoms with Crippen molar-refractivity contribution in [3.63, 3.8) is 0 Å². The molecule has 5 heteroatoms. The first-order chi connectivity index (χ1) is 10.3. The Morgan fingerprint density at radius 3 is 2.81 bits per heavy atom. The Balaban J connectivity index is 1.53. The lowest BCUT2D eigenvalue weighted by Crippen LogP contribution is -2.25. The summed E-state index contributed by atoms with van der Waals surface area (Å²) >= 11 is 1.57. The van der Waals surface area contributed by atoms with Gasteiger partial charge in [-0.2, -0.15) is 0 Å². The van der Waals surface area contributed by atoms with E-state index in [-0.39, 0.29) is 5.91 Å². The lowest BCUT2D eigenvalue weighted by Gasteiger charge is -2.03. The first-order valence-electron chi connectivity index (χ1n) is 6.64. The molecule has 0 aliphatic heterocycles. The maximum absolute atomic E-state index is 11.9. The molecule has 2 heterocycles. The largest absolute Gasteiger partial charge is 0.463 e. The molecule has 0 aliphatic carbocycles. The first kappa shape index (κ1) is 13.6. The Kier molecular flexibility index (Phi) is 4.12. The third-order valence-corrected chi connectivity index (χ3v) is 3.89. The van der Waals surface area contributed by atoms with Gasteiger partial charge in [-0.3, -0.25) is 4.79 Å². The van der Waals surface area contributed by atoms with Crippen molar-refractivity contribution < 1.29 is 9.21 Å². The molecule has 0 fully saturated rings. The zero-order valence-electron chi connectivity index (χ0n) is 11.3. The van der Waals surface area contributed by atoms with Crippen LogP contribution in [0.1, 0.15) is 15.4 Å². The Hall–Kier alpha value is -2.40. The summed E-state index contributed by atoms with van der Waals surface area (Å²) in [6.45, 7) is 0.568. The molecule has 21 heavy (non-hydrogen) atoms. The third kappa shape index (κ3) is 3.38. The van der Waals surface area contributed by atoms with E-state index in [1.54, 1.807) is 29.7 Å². The lowest BCUT2D eigenvalue weighted by atomic mass is 10.2. The number of aromatic nitrogens is 1. The van der Waals surface area contributed by atoms with E-state index in [1.807, 2.05) is 35.7 Å². The summed E-state index contributed by atoms with van der Waals surface area (Å²) in [6, 6.07) is 12.9. The molecule has 0 saturated heterocycles. The average Bonchev–Trinajstić information content (AvgIpc) is 3.19. The minimum absolute atomic E-state index is 0.0570. The maximum Gasteiger partial charge on any atom is 0.251 e. The highest BCUT2D eigenvalue weighted by atomic mass is 32.1. The molecular formula is C16H14N2O2S. The predicted molar refractivity (Wildman–Crippen MR) is 82.3 cm³/mol. The van der Waals surface area contributed by atoms with Crippen molar-refractivity contribution in [1.82, 2.24) is 10.3 Å². The summed E-state index contributed by atoms with van der Waals surface area (Å²) in [5, 5.41) is 5.84. The summed E-state index contributed by atoms with van der Waals surface area (Å²) in [5.74, 6) is 0.712. The van der Waals surface area contributed by atoms with Gasteiger partial charge in [0.1, 0.15) is 5.69 Å². The van der Waals surface area contributed by atoms with Crippen LogP contribution < -0.4 is 5.32 Å². The zero-order chi connectivity index (χ0) is 14.5. The highest BCUT2D eigenvalue weighted by molar-refractivity contribution is 7.09. The molecule has 0 saturated carbocycles. The number of hydrogen-bond donors (Lipinski definition) is 1. The SMILES string of the molecule is O=C(NCCc1nc(-c2ccco2)cs1)c1ccccc1. The van der Waals surface area contributed by atoms with Gasteiger partial charge in [-0.15, -0.1) is 11.3 Å². The first-order valence-corrected chi connectivity index (χ1v) is 7.52. The smallest absolute Gasteiger partial charge is 0.251 e. The molecule has 2 aromatic heterocycles. The van der Waals surface area contributed by atoms with Gasteiger partial charge in [0.05, 0.1) is 11.3 Å². The van der Waals surface area contributed by atoms with E-state index in [1.165, 1.54) is 0 Å². The molecule has 4 nitrogen and oxygen atoms in total. The number of benzene rings is 1. The normalized spacial score (nSPS) is 10.5. The van der Waals surface area contributed by atoms with E-state index in [0.29, 0.717) is 18.5 Å². The minimum Gasteiger partial charge on any atom is -0.463 e. The van der Waals surface area contributed by atoms with E-state index in [4.69, 9.17) is 4.42 Å². The third-order valence-electron chi connectivity index (χ3n) is 2.99. The second-order valence-corrected chi connectivity index (χ2v) is 5.42. The molecule has 0 atom stereocenters. The summed E-state index contributed by atoms with van der Waals surface area (Å²) in [6.07, 6.45) is 2.35. The van der Waals surface area contributed by atoms with Crippen LogP contribution in [0.5, 0.6) is 0 Å². The fraction of sp³-hybridized carbons (Fsp3) is 0.125. The Labute approximate surface area is 126 Å². The average molecular weight is 298 g/mol. The molecule has 0 bridgehead atoms. The van der Waals surface area contributed by atoms with Crippen LogP contribution in [0.3, 0.4) is 0 Å². The number of nitrogens with one attached hydrogen (secondary N) is 1. The van der Waals surface area contributed by atoms with Crippen molar-refractivity contribution in [3.8, 4) is 11.5 Å². The number of nitrogens with zero attached hydrogens (tertiary/aromatic N) is 1. The van der Waals surface area contributed by atoms with E-state index >= 15 is 0 Å².